The van der Waals surface area contributed by atoms with Crippen LogP contribution in [0.1, 0.15) is 28.0 Å². The molecule has 2 aromatic carbocycles. The van der Waals surface area contributed by atoms with Gasteiger partial charge in [0, 0.05) is 42.9 Å². The topological polar surface area (TPSA) is 71.1 Å². The lowest BCUT2D eigenvalue weighted by Crippen LogP contribution is -2.32. The van der Waals surface area contributed by atoms with Crippen molar-refractivity contribution in [3.8, 4) is 10.6 Å². The number of thiazole rings is 1. The van der Waals surface area contributed by atoms with Gasteiger partial charge in [0.1, 0.15) is 16.6 Å². The Hall–Kier alpha value is -3.13. The highest BCUT2D eigenvalue weighted by molar-refractivity contribution is 7.13. The predicted octanol–water partition coefficient (Wildman–Crippen LogP) is 3.88. The van der Waals surface area contributed by atoms with E-state index in [2.05, 4.69) is 15.6 Å². The summed E-state index contributed by atoms with van der Waals surface area (Å²) in [6.45, 7) is 2.51. The van der Waals surface area contributed by atoms with Crippen molar-refractivity contribution in [2.24, 2.45) is 0 Å². The summed E-state index contributed by atoms with van der Waals surface area (Å²) < 4.78 is 26.4. The van der Waals surface area contributed by atoms with Crippen molar-refractivity contribution in [1.29, 1.82) is 0 Å². The summed E-state index contributed by atoms with van der Waals surface area (Å²) in [5, 5.41) is 8.13. The van der Waals surface area contributed by atoms with Crippen molar-refractivity contribution >= 4 is 23.2 Å². The number of benzene rings is 2. The molecule has 3 aromatic rings. The molecule has 2 N–H and O–H groups in total. The molecule has 1 aromatic heterocycles. The van der Waals surface area contributed by atoms with Gasteiger partial charge in [-0.1, -0.05) is 29.8 Å². The Kier molecular flexibility index (Phi) is 7.24. The number of aryl methyl sites for hydroxylation is 1. The molecule has 0 spiro atoms. The SMILES string of the molecule is Cc1ccc(-c2nc(CCNC(=O)CCNC(=O)c3ccc(F)cc3F)cs2)cc1. The lowest BCUT2D eigenvalue weighted by molar-refractivity contribution is -0.120. The summed E-state index contributed by atoms with van der Waals surface area (Å²) >= 11 is 1.56. The highest BCUT2D eigenvalue weighted by Gasteiger charge is 2.12. The molecule has 0 saturated carbocycles. The van der Waals surface area contributed by atoms with E-state index in [9.17, 15) is 18.4 Å². The van der Waals surface area contributed by atoms with Crippen LogP contribution in [0, 0.1) is 18.6 Å². The molecule has 0 fully saturated rings. The van der Waals surface area contributed by atoms with Crippen LogP contribution in [0.3, 0.4) is 0 Å². The average Bonchev–Trinajstić information content (AvgIpc) is 3.17. The van der Waals surface area contributed by atoms with Crippen molar-refractivity contribution in [3.05, 3.63) is 76.3 Å². The quantitative estimate of drug-likeness (QED) is 0.571. The van der Waals surface area contributed by atoms with Crippen LogP contribution in [-0.2, 0) is 11.2 Å². The second-order valence-electron chi connectivity index (χ2n) is 6.74. The molecule has 0 aliphatic carbocycles. The van der Waals surface area contributed by atoms with Crippen molar-refractivity contribution in [2.75, 3.05) is 13.1 Å². The van der Waals surface area contributed by atoms with Crippen LogP contribution in [0.25, 0.3) is 10.6 Å². The van der Waals surface area contributed by atoms with E-state index in [4.69, 9.17) is 0 Å². The Balaban J connectivity index is 1.38. The Labute approximate surface area is 177 Å². The molecule has 30 heavy (non-hydrogen) atoms. The molecule has 8 heteroatoms. The lowest BCUT2D eigenvalue weighted by atomic mass is 10.2. The van der Waals surface area contributed by atoms with Crippen molar-refractivity contribution in [2.45, 2.75) is 19.8 Å². The zero-order chi connectivity index (χ0) is 21.5. The molecule has 0 aliphatic rings. The highest BCUT2D eigenvalue weighted by Crippen LogP contribution is 2.24. The van der Waals surface area contributed by atoms with Crippen LogP contribution in [0.2, 0.25) is 0 Å². The van der Waals surface area contributed by atoms with E-state index < -0.39 is 17.5 Å². The fourth-order valence-electron chi connectivity index (χ4n) is 2.73. The number of carbonyl (C=O) groups is 2. The maximum atomic E-state index is 13.6. The van der Waals surface area contributed by atoms with E-state index in [0.29, 0.717) is 19.0 Å². The maximum Gasteiger partial charge on any atom is 0.254 e. The minimum Gasteiger partial charge on any atom is -0.356 e. The van der Waals surface area contributed by atoms with Gasteiger partial charge in [-0.05, 0) is 19.1 Å². The van der Waals surface area contributed by atoms with Gasteiger partial charge in [0.05, 0.1) is 11.3 Å². The largest absolute Gasteiger partial charge is 0.356 e. The van der Waals surface area contributed by atoms with E-state index in [1.54, 1.807) is 11.3 Å². The molecule has 156 valence electrons. The third-order valence-electron chi connectivity index (χ3n) is 4.37. The fourth-order valence-corrected chi connectivity index (χ4v) is 3.59. The Morgan fingerprint density at radius 2 is 1.80 bits per heavy atom. The molecule has 0 saturated heterocycles. The summed E-state index contributed by atoms with van der Waals surface area (Å²) in [6.07, 6.45) is 0.654. The molecule has 3 rings (SSSR count). The first kappa shape index (κ1) is 21.6. The number of rotatable bonds is 8. The van der Waals surface area contributed by atoms with Crippen molar-refractivity contribution in [1.82, 2.24) is 15.6 Å². The van der Waals surface area contributed by atoms with Gasteiger partial charge in [0.2, 0.25) is 5.91 Å². The first-order chi connectivity index (χ1) is 14.4. The fraction of sp³-hybridized carbons (Fsp3) is 0.227. The van der Waals surface area contributed by atoms with Crippen LogP contribution in [0.4, 0.5) is 8.78 Å². The second-order valence-corrected chi connectivity index (χ2v) is 7.60. The molecular formula is C22H21F2N3O2S. The van der Waals surface area contributed by atoms with E-state index >= 15 is 0 Å². The molecule has 0 aliphatic heterocycles. The number of halogens is 2. The summed E-state index contributed by atoms with van der Waals surface area (Å²) in [5.74, 6) is -2.62. The van der Waals surface area contributed by atoms with E-state index in [1.165, 1.54) is 5.56 Å². The standard InChI is InChI=1S/C22H21F2N3O2S/c1-14-2-4-15(5-3-14)22-27-17(13-30-22)8-10-25-20(28)9-11-26-21(29)18-7-6-16(23)12-19(18)24/h2-7,12-13H,8-11H2,1H3,(H,25,28)(H,26,29). The zero-order valence-corrected chi connectivity index (χ0v) is 17.2. The van der Waals surface area contributed by atoms with E-state index in [0.717, 1.165) is 28.4 Å². The first-order valence-corrected chi connectivity index (χ1v) is 10.3. The smallest absolute Gasteiger partial charge is 0.254 e. The van der Waals surface area contributed by atoms with Crippen LogP contribution in [-0.4, -0.2) is 29.9 Å². The summed E-state index contributed by atoms with van der Waals surface area (Å²) in [7, 11) is 0. The third kappa shape index (κ3) is 5.93. The molecule has 5 nitrogen and oxygen atoms in total. The number of nitrogens with one attached hydrogen (secondary N) is 2. The minimum absolute atomic E-state index is 0.0513. The number of aromatic nitrogens is 1. The van der Waals surface area contributed by atoms with Gasteiger partial charge in [-0.3, -0.25) is 9.59 Å². The van der Waals surface area contributed by atoms with Gasteiger partial charge in [-0.25, -0.2) is 13.8 Å². The van der Waals surface area contributed by atoms with E-state index in [1.807, 2.05) is 36.6 Å². The van der Waals surface area contributed by atoms with Crippen LogP contribution in [0.15, 0.2) is 47.8 Å². The predicted molar refractivity (Wildman–Crippen MR) is 112 cm³/mol. The Bertz CT molecular complexity index is 1040. The lowest BCUT2D eigenvalue weighted by Gasteiger charge is -2.07. The summed E-state index contributed by atoms with van der Waals surface area (Å²) in [5.41, 5.74) is 2.90. The number of amides is 2. The molecule has 0 atom stereocenters. The van der Waals surface area contributed by atoms with Gasteiger partial charge in [0.25, 0.3) is 5.91 Å². The highest BCUT2D eigenvalue weighted by atomic mass is 32.1. The van der Waals surface area contributed by atoms with Gasteiger partial charge in [-0.15, -0.1) is 11.3 Å². The molecule has 0 unspecified atom stereocenters. The number of hydrogen-bond acceptors (Lipinski definition) is 4. The average molecular weight is 429 g/mol. The molecule has 2 amide bonds. The molecular weight excluding hydrogens is 408 g/mol. The molecule has 0 radical (unpaired) electrons. The Morgan fingerprint density at radius 3 is 2.53 bits per heavy atom. The van der Waals surface area contributed by atoms with E-state index in [-0.39, 0.29) is 24.4 Å². The normalized spacial score (nSPS) is 10.6. The number of nitrogens with zero attached hydrogens (tertiary/aromatic N) is 1. The van der Waals surface area contributed by atoms with Crippen LogP contribution >= 0.6 is 11.3 Å². The van der Waals surface area contributed by atoms with Crippen molar-refractivity contribution < 1.29 is 18.4 Å². The zero-order valence-electron chi connectivity index (χ0n) is 16.4. The number of hydrogen-bond donors (Lipinski definition) is 2. The molecule has 1 heterocycles. The number of carbonyl (C=O) groups excluding carboxylic acids is 2. The molecule has 0 bridgehead atoms. The second kappa shape index (κ2) is 10.1. The first-order valence-electron chi connectivity index (χ1n) is 9.44. The monoisotopic (exact) mass is 429 g/mol. The van der Waals surface area contributed by atoms with Gasteiger partial charge in [-0.2, -0.15) is 0 Å². The van der Waals surface area contributed by atoms with Crippen LogP contribution in [0.5, 0.6) is 0 Å². The summed E-state index contributed by atoms with van der Waals surface area (Å²) in [6, 6.07) is 10.9. The van der Waals surface area contributed by atoms with Crippen molar-refractivity contribution in [3.63, 3.8) is 0 Å². The van der Waals surface area contributed by atoms with Gasteiger partial charge in [0.15, 0.2) is 0 Å². The van der Waals surface area contributed by atoms with Crippen LogP contribution < -0.4 is 10.6 Å². The summed E-state index contributed by atoms with van der Waals surface area (Å²) in [4.78, 5) is 28.4. The van der Waals surface area contributed by atoms with Gasteiger partial charge < -0.3 is 10.6 Å². The maximum absolute atomic E-state index is 13.6. The minimum atomic E-state index is -0.940. The van der Waals surface area contributed by atoms with Gasteiger partial charge >= 0.3 is 0 Å². The third-order valence-corrected chi connectivity index (χ3v) is 5.31. The Morgan fingerprint density at radius 1 is 1.03 bits per heavy atom.